The number of hydrogen-bond acceptors (Lipinski definition) is 6. The highest BCUT2D eigenvalue weighted by molar-refractivity contribution is 6.10. The van der Waals surface area contributed by atoms with E-state index >= 15 is 0 Å². The second-order valence-electron chi connectivity index (χ2n) is 5.95. The Morgan fingerprint density at radius 3 is 2.32 bits per heavy atom. The highest BCUT2D eigenvalue weighted by Gasteiger charge is 2.20. The number of nitro groups is 1. The van der Waals surface area contributed by atoms with Gasteiger partial charge in [0.15, 0.2) is 11.5 Å². The van der Waals surface area contributed by atoms with E-state index in [1.807, 2.05) is 19.9 Å². The number of ether oxygens (including phenoxy) is 2. The lowest BCUT2D eigenvalue weighted by atomic mass is 10.1. The van der Waals surface area contributed by atoms with Crippen molar-refractivity contribution in [2.45, 2.75) is 13.8 Å². The number of aryl methyl sites for hydroxylation is 2. The molecule has 0 spiro atoms. The lowest BCUT2D eigenvalue weighted by Crippen LogP contribution is -2.13. The molecule has 144 valence electrons. The molecule has 0 saturated carbocycles. The molecule has 1 amide bonds. The molecule has 8 nitrogen and oxygen atoms in total. The minimum absolute atomic E-state index is 0.0504. The number of hydrogen-bond donors (Lipinski definition) is 1. The Labute approximate surface area is 162 Å². The minimum Gasteiger partial charge on any atom is -0.493 e. The number of nitrogens with zero attached hydrogens (tertiary/aromatic N) is 2. The third-order valence-electron chi connectivity index (χ3n) is 4.16. The third-order valence-corrected chi connectivity index (χ3v) is 4.16. The van der Waals surface area contributed by atoms with E-state index in [2.05, 4.69) is 5.32 Å². The van der Waals surface area contributed by atoms with Gasteiger partial charge >= 0.3 is 0 Å². The second-order valence-corrected chi connectivity index (χ2v) is 5.95. The first kappa shape index (κ1) is 20.5. The molecule has 0 heterocycles. The average molecular weight is 381 g/mol. The van der Waals surface area contributed by atoms with Crippen LogP contribution in [0.5, 0.6) is 11.5 Å². The Morgan fingerprint density at radius 1 is 1.14 bits per heavy atom. The van der Waals surface area contributed by atoms with Crippen molar-refractivity contribution in [3.8, 4) is 17.6 Å². The molecule has 0 fully saturated rings. The van der Waals surface area contributed by atoms with Crippen molar-refractivity contribution < 1.29 is 19.2 Å². The molecular weight excluding hydrogens is 362 g/mol. The van der Waals surface area contributed by atoms with Crippen molar-refractivity contribution in [1.29, 1.82) is 5.26 Å². The van der Waals surface area contributed by atoms with E-state index < -0.39 is 10.8 Å². The van der Waals surface area contributed by atoms with Gasteiger partial charge in [0, 0.05) is 5.69 Å². The van der Waals surface area contributed by atoms with Gasteiger partial charge < -0.3 is 14.8 Å². The van der Waals surface area contributed by atoms with E-state index in [1.54, 1.807) is 18.2 Å². The first-order valence-corrected chi connectivity index (χ1v) is 8.21. The van der Waals surface area contributed by atoms with Gasteiger partial charge in [0.1, 0.15) is 11.6 Å². The number of methoxy groups -OCH3 is 2. The van der Waals surface area contributed by atoms with Crippen LogP contribution < -0.4 is 14.8 Å². The van der Waals surface area contributed by atoms with Crippen LogP contribution in [0.1, 0.15) is 16.7 Å². The summed E-state index contributed by atoms with van der Waals surface area (Å²) < 4.78 is 10.2. The van der Waals surface area contributed by atoms with Gasteiger partial charge in [-0.15, -0.1) is 0 Å². The van der Waals surface area contributed by atoms with Crippen molar-refractivity contribution in [2.24, 2.45) is 0 Å². The predicted molar refractivity (Wildman–Crippen MR) is 104 cm³/mol. The molecule has 2 aromatic rings. The largest absolute Gasteiger partial charge is 0.493 e. The van der Waals surface area contributed by atoms with Gasteiger partial charge in [-0.05, 0) is 49.2 Å². The van der Waals surface area contributed by atoms with E-state index in [9.17, 15) is 20.2 Å². The molecule has 0 radical (unpaired) electrons. The van der Waals surface area contributed by atoms with Crippen LogP contribution in [0, 0.1) is 35.3 Å². The summed E-state index contributed by atoms with van der Waals surface area (Å²) in [7, 11) is 2.74. The third kappa shape index (κ3) is 4.45. The summed E-state index contributed by atoms with van der Waals surface area (Å²) in [6.45, 7) is 3.84. The van der Waals surface area contributed by atoms with Crippen LogP contribution in [-0.4, -0.2) is 25.1 Å². The minimum atomic E-state index is -0.671. The van der Waals surface area contributed by atoms with Crippen molar-refractivity contribution in [2.75, 3.05) is 19.5 Å². The molecular formula is C20H19N3O5. The molecule has 2 rings (SSSR count). The number of benzene rings is 2. The summed E-state index contributed by atoms with van der Waals surface area (Å²) in [6, 6.07) is 9.65. The van der Waals surface area contributed by atoms with Crippen LogP contribution in [0.4, 0.5) is 11.4 Å². The number of anilines is 1. The molecule has 0 bridgehead atoms. The van der Waals surface area contributed by atoms with Crippen molar-refractivity contribution in [3.05, 3.63) is 62.7 Å². The maximum Gasteiger partial charge on any atom is 0.280 e. The van der Waals surface area contributed by atoms with Gasteiger partial charge in [0.2, 0.25) is 0 Å². The van der Waals surface area contributed by atoms with Gasteiger partial charge in [0.05, 0.1) is 30.8 Å². The first-order chi connectivity index (χ1) is 13.3. The van der Waals surface area contributed by atoms with Crippen molar-refractivity contribution >= 4 is 23.4 Å². The molecule has 0 atom stereocenters. The fourth-order valence-electron chi connectivity index (χ4n) is 2.48. The van der Waals surface area contributed by atoms with Crippen molar-refractivity contribution in [1.82, 2.24) is 0 Å². The monoisotopic (exact) mass is 381 g/mol. The molecule has 1 N–H and O–H groups in total. The van der Waals surface area contributed by atoms with Crippen LogP contribution in [-0.2, 0) is 4.79 Å². The SMILES string of the molecule is COc1cc(/C=C(\C#N)C(=O)Nc2ccc(C)c(C)c2)c([N+](=O)[O-])cc1OC. The molecule has 0 aliphatic carbocycles. The van der Waals surface area contributed by atoms with E-state index in [-0.39, 0.29) is 28.3 Å². The summed E-state index contributed by atoms with van der Waals surface area (Å²) in [6.07, 6.45) is 1.15. The fraction of sp³-hybridized carbons (Fsp3) is 0.200. The Kier molecular flexibility index (Phi) is 6.34. The fourth-order valence-corrected chi connectivity index (χ4v) is 2.48. The van der Waals surface area contributed by atoms with Crippen LogP contribution in [0.15, 0.2) is 35.9 Å². The van der Waals surface area contributed by atoms with Crippen LogP contribution in [0.25, 0.3) is 6.08 Å². The molecule has 8 heteroatoms. The predicted octanol–water partition coefficient (Wildman–Crippen LogP) is 3.77. The molecule has 0 aliphatic heterocycles. The summed E-state index contributed by atoms with van der Waals surface area (Å²) in [4.78, 5) is 23.2. The van der Waals surface area contributed by atoms with E-state index in [0.29, 0.717) is 5.69 Å². The number of amides is 1. The van der Waals surface area contributed by atoms with Gasteiger partial charge in [-0.1, -0.05) is 6.07 Å². The quantitative estimate of drug-likeness (QED) is 0.352. The Hall–Kier alpha value is -3.86. The zero-order valence-corrected chi connectivity index (χ0v) is 15.9. The van der Waals surface area contributed by atoms with Crippen LogP contribution >= 0.6 is 0 Å². The van der Waals surface area contributed by atoms with E-state index in [1.165, 1.54) is 26.4 Å². The van der Waals surface area contributed by atoms with Gasteiger partial charge in [0.25, 0.3) is 11.6 Å². The number of nitriles is 1. The molecule has 0 aromatic heterocycles. The summed E-state index contributed by atoms with van der Waals surface area (Å²) in [5.74, 6) is -0.259. The zero-order valence-electron chi connectivity index (χ0n) is 15.9. The Bertz CT molecular complexity index is 1010. The lowest BCUT2D eigenvalue weighted by molar-refractivity contribution is -0.385. The number of rotatable bonds is 6. The molecule has 0 aliphatic rings. The maximum atomic E-state index is 12.5. The smallest absolute Gasteiger partial charge is 0.280 e. The standard InChI is InChI=1S/C20H19N3O5/c1-12-5-6-16(7-13(12)2)22-20(24)15(11-21)8-14-9-18(27-3)19(28-4)10-17(14)23(25)26/h5-10H,1-4H3,(H,22,24)/b15-8+. The summed E-state index contributed by atoms with van der Waals surface area (Å²) >= 11 is 0. The van der Waals surface area contributed by atoms with E-state index in [0.717, 1.165) is 17.2 Å². The highest BCUT2D eigenvalue weighted by atomic mass is 16.6. The number of carbonyl (C=O) groups is 1. The summed E-state index contributed by atoms with van der Waals surface area (Å²) in [5.41, 5.74) is 2.02. The van der Waals surface area contributed by atoms with Crippen LogP contribution in [0.3, 0.4) is 0 Å². The van der Waals surface area contributed by atoms with Crippen LogP contribution in [0.2, 0.25) is 0 Å². The number of nitro benzene ring substituents is 1. The van der Waals surface area contributed by atoms with Gasteiger partial charge in [-0.2, -0.15) is 5.26 Å². The highest BCUT2D eigenvalue weighted by Crippen LogP contribution is 2.35. The molecule has 28 heavy (non-hydrogen) atoms. The molecule has 0 saturated heterocycles. The van der Waals surface area contributed by atoms with Crippen molar-refractivity contribution in [3.63, 3.8) is 0 Å². The normalized spacial score (nSPS) is 10.8. The Morgan fingerprint density at radius 2 is 1.79 bits per heavy atom. The van der Waals surface area contributed by atoms with Gasteiger partial charge in [-0.25, -0.2) is 0 Å². The number of nitrogens with one attached hydrogen (secondary N) is 1. The topological polar surface area (TPSA) is 114 Å². The first-order valence-electron chi connectivity index (χ1n) is 8.21. The maximum absolute atomic E-state index is 12.5. The second kappa shape index (κ2) is 8.68. The zero-order chi connectivity index (χ0) is 20.8. The van der Waals surface area contributed by atoms with Gasteiger partial charge in [-0.3, -0.25) is 14.9 Å². The van der Waals surface area contributed by atoms with E-state index in [4.69, 9.17) is 9.47 Å². The Balaban J connectivity index is 2.45. The lowest BCUT2D eigenvalue weighted by Gasteiger charge is -2.10. The average Bonchev–Trinajstić information content (AvgIpc) is 2.67. The molecule has 2 aromatic carbocycles. The number of carbonyl (C=O) groups excluding carboxylic acids is 1. The molecule has 0 unspecified atom stereocenters. The summed E-state index contributed by atoms with van der Waals surface area (Å²) in [5, 5.41) is 23.4.